The van der Waals surface area contributed by atoms with Crippen LogP contribution in [0.4, 0.5) is 10.1 Å². The lowest BCUT2D eigenvalue weighted by Crippen LogP contribution is -2.16. The van der Waals surface area contributed by atoms with Gasteiger partial charge in [-0.1, -0.05) is 6.07 Å². The summed E-state index contributed by atoms with van der Waals surface area (Å²) < 4.78 is 41.5. The molecule has 0 saturated carbocycles. The Morgan fingerprint density at radius 2 is 2.27 bits per heavy atom. The average molecular weight is 378 g/mol. The molecule has 0 radical (unpaired) electrons. The van der Waals surface area contributed by atoms with Gasteiger partial charge in [0.05, 0.1) is 24.0 Å². The van der Waals surface area contributed by atoms with Crippen molar-refractivity contribution in [1.29, 1.82) is 5.26 Å². The van der Waals surface area contributed by atoms with Crippen LogP contribution in [-0.2, 0) is 10.0 Å². The number of nitrogens with one attached hydrogen (secondary N) is 2. The Bertz CT molecular complexity index is 1090. The van der Waals surface area contributed by atoms with Crippen molar-refractivity contribution >= 4 is 26.6 Å². The lowest BCUT2D eigenvalue weighted by molar-refractivity contribution is 0.190. The minimum atomic E-state index is -4.01. The number of aliphatic hydroxyl groups is 1. The minimum Gasteiger partial charge on any atom is -0.394 e. The first-order valence-corrected chi connectivity index (χ1v) is 9.01. The number of halogens is 1. The van der Waals surface area contributed by atoms with Crippen LogP contribution < -0.4 is 4.72 Å². The van der Waals surface area contributed by atoms with Crippen molar-refractivity contribution in [2.75, 3.05) is 18.0 Å². The van der Waals surface area contributed by atoms with Gasteiger partial charge in [0, 0.05) is 11.6 Å². The van der Waals surface area contributed by atoms with Gasteiger partial charge in [0.2, 0.25) is 0 Å². The van der Waals surface area contributed by atoms with Crippen LogP contribution >= 0.6 is 0 Å². The van der Waals surface area contributed by atoms with E-state index in [1.807, 2.05) is 6.07 Å². The molecule has 2 heterocycles. The molecule has 0 spiro atoms. The molecule has 0 aliphatic heterocycles. The summed E-state index contributed by atoms with van der Waals surface area (Å²) in [5.74, 6) is 0. The lowest BCUT2D eigenvalue weighted by Gasteiger charge is -2.10. The number of aromatic nitrogens is 4. The van der Waals surface area contributed by atoms with Gasteiger partial charge in [-0.25, -0.2) is 12.8 Å². The third-order valence-corrected chi connectivity index (χ3v) is 5.25. The molecule has 3 rings (SSSR count). The molecule has 1 aromatic carbocycles. The van der Waals surface area contributed by atoms with Crippen molar-refractivity contribution in [3.8, 4) is 6.07 Å². The van der Waals surface area contributed by atoms with Crippen LogP contribution in [0.25, 0.3) is 10.9 Å². The van der Waals surface area contributed by atoms with Gasteiger partial charge in [0.15, 0.2) is 5.69 Å². The Kier molecular flexibility index (Phi) is 4.62. The molecule has 0 amide bonds. The van der Waals surface area contributed by atoms with Crippen LogP contribution in [0.5, 0.6) is 0 Å². The van der Waals surface area contributed by atoms with Gasteiger partial charge in [-0.05, 0) is 18.6 Å². The van der Waals surface area contributed by atoms with Crippen LogP contribution in [0.2, 0.25) is 0 Å². The molecule has 26 heavy (non-hydrogen) atoms. The highest BCUT2D eigenvalue weighted by molar-refractivity contribution is 7.92. The number of nitriles is 1. The van der Waals surface area contributed by atoms with Crippen molar-refractivity contribution in [3.63, 3.8) is 0 Å². The van der Waals surface area contributed by atoms with Gasteiger partial charge < -0.3 is 5.11 Å². The molecule has 11 heteroatoms. The third-order valence-electron chi connectivity index (χ3n) is 3.93. The summed E-state index contributed by atoms with van der Waals surface area (Å²) in [7, 11) is -4.01. The Labute approximate surface area is 148 Å². The monoisotopic (exact) mass is 378 g/mol. The summed E-state index contributed by atoms with van der Waals surface area (Å²) in [6.45, 7) is 0.399. The highest BCUT2D eigenvalue weighted by Gasteiger charge is 2.21. The van der Waals surface area contributed by atoms with Gasteiger partial charge in [-0.15, -0.1) is 0 Å². The number of sulfonamides is 1. The molecular formula is C15H15FN6O3S. The molecule has 0 fully saturated rings. The second kappa shape index (κ2) is 6.74. The lowest BCUT2D eigenvalue weighted by atomic mass is 10.1. The van der Waals surface area contributed by atoms with Gasteiger partial charge >= 0.3 is 0 Å². The zero-order valence-electron chi connectivity index (χ0n) is 13.6. The van der Waals surface area contributed by atoms with Crippen molar-refractivity contribution in [3.05, 3.63) is 35.8 Å². The Balaban J connectivity index is 1.99. The number of anilines is 1. The molecule has 1 atom stereocenters. The molecule has 9 nitrogen and oxygen atoms in total. The van der Waals surface area contributed by atoms with E-state index >= 15 is 0 Å². The van der Waals surface area contributed by atoms with E-state index in [2.05, 4.69) is 20.0 Å². The van der Waals surface area contributed by atoms with Crippen LogP contribution in [0.3, 0.4) is 0 Å². The van der Waals surface area contributed by atoms with Crippen molar-refractivity contribution in [1.82, 2.24) is 20.0 Å². The second-order valence-corrected chi connectivity index (χ2v) is 7.30. The zero-order valence-corrected chi connectivity index (χ0v) is 14.5. The number of rotatable bonds is 6. The summed E-state index contributed by atoms with van der Waals surface area (Å²) in [5.41, 5.74) is 1.54. The molecule has 0 aliphatic carbocycles. The van der Waals surface area contributed by atoms with E-state index in [9.17, 15) is 12.8 Å². The first-order chi connectivity index (χ1) is 12.4. The molecule has 3 N–H and O–H groups in total. The number of aliphatic hydroxyl groups excluding tert-OH is 1. The Morgan fingerprint density at radius 3 is 2.92 bits per heavy atom. The number of aromatic amines is 1. The van der Waals surface area contributed by atoms with Crippen molar-refractivity contribution in [2.45, 2.75) is 17.9 Å². The van der Waals surface area contributed by atoms with E-state index in [1.54, 1.807) is 19.1 Å². The van der Waals surface area contributed by atoms with Gasteiger partial charge in [0.1, 0.15) is 23.7 Å². The summed E-state index contributed by atoms with van der Waals surface area (Å²) in [4.78, 5) is -0.182. The normalized spacial score (nSPS) is 12.8. The number of fused-ring (bicyclic) bond motifs is 1. The first-order valence-electron chi connectivity index (χ1n) is 7.53. The predicted octanol–water partition coefficient (Wildman–Crippen LogP) is 1.24. The highest BCUT2D eigenvalue weighted by atomic mass is 32.2. The van der Waals surface area contributed by atoms with E-state index in [4.69, 9.17) is 10.4 Å². The smallest absolute Gasteiger partial charge is 0.265 e. The number of alkyl halides is 1. The molecule has 136 valence electrons. The average Bonchev–Trinajstić information content (AvgIpc) is 3.26. The maximum absolute atomic E-state index is 12.8. The predicted molar refractivity (Wildman–Crippen MR) is 90.7 cm³/mol. The maximum atomic E-state index is 12.8. The number of hydrogen-bond acceptors (Lipinski definition) is 6. The quantitative estimate of drug-likeness (QED) is 0.590. The Morgan fingerprint density at radius 1 is 1.50 bits per heavy atom. The number of H-pyrrole nitrogens is 1. The number of hydrogen-bond donors (Lipinski definition) is 3. The Hall–Kier alpha value is -2.97. The summed E-state index contributed by atoms with van der Waals surface area (Å²) in [5, 5.41) is 29.1. The number of benzene rings is 1. The highest BCUT2D eigenvalue weighted by Crippen LogP contribution is 2.28. The SMILES string of the molecule is Cc1ccc(NS(=O)(=O)c2cnn([C@H](CO)CF)c2)c2[nH]nc(C#N)c12. The van der Waals surface area contributed by atoms with Crippen molar-refractivity contribution in [2.24, 2.45) is 0 Å². The van der Waals surface area contributed by atoms with E-state index in [-0.39, 0.29) is 16.3 Å². The van der Waals surface area contributed by atoms with E-state index in [1.165, 1.54) is 0 Å². The van der Waals surface area contributed by atoms with Crippen LogP contribution in [0.15, 0.2) is 29.4 Å². The zero-order chi connectivity index (χ0) is 18.9. The van der Waals surface area contributed by atoms with Gasteiger partial charge in [0.25, 0.3) is 10.0 Å². The topological polar surface area (TPSA) is 137 Å². The van der Waals surface area contributed by atoms with Gasteiger partial charge in [-0.2, -0.15) is 15.5 Å². The fourth-order valence-corrected chi connectivity index (χ4v) is 3.54. The van der Waals surface area contributed by atoms with Crippen molar-refractivity contribution < 1.29 is 17.9 Å². The summed E-state index contributed by atoms with van der Waals surface area (Å²) in [6.07, 6.45) is 2.21. The molecule has 0 bridgehead atoms. The third kappa shape index (κ3) is 3.00. The maximum Gasteiger partial charge on any atom is 0.265 e. The van der Waals surface area contributed by atoms with Crippen LogP contribution in [-0.4, -0.2) is 46.8 Å². The van der Waals surface area contributed by atoms with E-state index in [0.29, 0.717) is 10.9 Å². The van der Waals surface area contributed by atoms with E-state index in [0.717, 1.165) is 22.6 Å². The molecule has 0 unspecified atom stereocenters. The fraction of sp³-hybridized carbons (Fsp3) is 0.267. The largest absolute Gasteiger partial charge is 0.394 e. The molecule has 0 aliphatic rings. The first kappa shape index (κ1) is 17.8. The molecular weight excluding hydrogens is 363 g/mol. The standard InChI is InChI=1S/C15H15FN6O3S/c1-9-2-3-12(15-14(9)13(5-17)19-20-15)21-26(24,25)11-6-18-22(7-11)10(4-16)8-23/h2-3,6-7,10,21,23H,4,8H2,1H3,(H,19,20)/t10-/m0/s1. The summed E-state index contributed by atoms with van der Waals surface area (Å²) >= 11 is 0. The molecule has 2 aromatic heterocycles. The van der Waals surface area contributed by atoms with Crippen LogP contribution in [0, 0.1) is 18.3 Å². The number of aryl methyl sites for hydroxylation is 1. The summed E-state index contributed by atoms with van der Waals surface area (Å²) in [6, 6.07) is 4.22. The van der Waals surface area contributed by atoms with E-state index < -0.39 is 29.3 Å². The van der Waals surface area contributed by atoms with Crippen LogP contribution in [0.1, 0.15) is 17.3 Å². The second-order valence-electron chi connectivity index (χ2n) is 5.62. The fourth-order valence-electron chi connectivity index (χ4n) is 2.53. The minimum absolute atomic E-state index is 0.167. The number of nitrogens with zero attached hydrogens (tertiary/aromatic N) is 4. The molecule has 3 aromatic rings. The molecule has 0 saturated heterocycles. The van der Waals surface area contributed by atoms with Gasteiger partial charge in [-0.3, -0.25) is 14.5 Å².